The summed E-state index contributed by atoms with van der Waals surface area (Å²) in [5, 5.41) is 6.33. The minimum atomic E-state index is -0.970. The maximum Gasteiger partial charge on any atom is 0.160 e. The van der Waals surface area contributed by atoms with Gasteiger partial charge in [0.25, 0.3) is 0 Å². The van der Waals surface area contributed by atoms with Crippen molar-refractivity contribution in [2.75, 3.05) is 9.80 Å². The van der Waals surface area contributed by atoms with Crippen molar-refractivity contribution in [3.63, 3.8) is 0 Å². The molecule has 0 amide bonds. The number of hydrogen-bond acceptors (Lipinski definition) is 4. The number of furan rings is 1. The molecule has 0 unspecified atom stereocenters. The second-order valence-corrected chi connectivity index (χ2v) is 24.2. The van der Waals surface area contributed by atoms with Gasteiger partial charge in [0.05, 0.1) is 22.5 Å². The summed E-state index contributed by atoms with van der Waals surface area (Å²) in [6.07, 6.45) is 0. The van der Waals surface area contributed by atoms with Gasteiger partial charge in [-0.1, -0.05) is 193 Å². The van der Waals surface area contributed by atoms with Crippen LogP contribution in [0.15, 0.2) is 235 Å². The van der Waals surface area contributed by atoms with Crippen molar-refractivity contribution in [2.24, 2.45) is 0 Å². The lowest BCUT2D eigenvalue weighted by Gasteiger charge is -2.36. The number of para-hydroxylation sites is 1. The molecule has 6 heteroatoms. The summed E-state index contributed by atoms with van der Waals surface area (Å²) in [4.78, 5) is 4.40. The van der Waals surface area contributed by atoms with Crippen LogP contribution in [0.3, 0.4) is 0 Å². The van der Waals surface area contributed by atoms with Crippen LogP contribution in [0, 0.1) is 11.6 Å². The van der Waals surface area contributed by atoms with Crippen LogP contribution in [0.1, 0.15) is 74.9 Å². The zero-order valence-corrected chi connectivity index (χ0v) is 45.7. The summed E-state index contributed by atoms with van der Waals surface area (Å²) in [7, 11) is 0. The molecule has 2 aromatic heterocycles. The number of rotatable bonds is 8. The van der Waals surface area contributed by atoms with E-state index < -0.39 is 17.0 Å². The molecule has 0 atom stereocenters. The van der Waals surface area contributed by atoms with Crippen molar-refractivity contribution < 1.29 is 13.2 Å². The predicted molar refractivity (Wildman–Crippen MR) is 328 cm³/mol. The molecular formula is C73H56F2N2OS. The molecular weight excluding hydrogens is 991 g/mol. The number of anilines is 6. The van der Waals surface area contributed by atoms with E-state index in [1.165, 1.54) is 11.6 Å². The van der Waals surface area contributed by atoms with Crippen molar-refractivity contribution in [3.05, 3.63) is 276 Å². The van der Waals surface area contributed by atoms with Gasteiger partial charge in [0.15, 0.2) is 5.58 Å². The van der Waals surface area contributed by atoms with Gasteiger partial charge in [-0.05, 0) is 128 Å². The molecule has 384 valence electrons. The third-order valence-electron chi connectivity index (χ3n) is 16.3. The van der Waals surface area contributed by atoms with Crippen LogP contribution in [-0.4, -0.2) is 0 Å². The molecule has 1 aliphatic rings. The molecule has 0 saturated heterocycles. The summed E-state index contributed by atoms with van der Waals surface area (Å²) in [6.45, 7) is 13.3. The van der Waals surface area contributed by atoms with E-state index in [-0.39, 0.29) is 16.5 Å². The van der Waals surface area contributed by atoms with Gasteiger partial charge in [-0.3, -0.25) is 0 Å². The van der Waals surface area contributed by atoms with Gasteiger partial charge in [-0.15, -0.1) is 11.3 Å². The number of fused-ring (bicyclic) bond motifs is 12. The number of hydrogen-bond donors (Lipinski definition) is 0. The van der Waals surface area contributed by atoms with Gasteiger partial charge in [0, 0.05) is 65.2 Å². The van der Waals surface area contributed by atoms with Crippen molar-refractivity contribution in [1.29, 1.82) is 0 Å². The Bertz CT molecular complexity index is 4490. The Kier molecular flexibility index (Phi) is 11.1. The first kappa shape index (κ1) is 48.5. The highest BCUT2D eigenvalue weighted by atomic mass is 32.1. The van der Waals surface area contributed by atoms with E-state index in [2.05, 4.69) is 259 Å². The normalized spacial score (nSPS) is 13.2. The third kappa shape index (κ3) is 7.63. The molecule has 0 fully saturated rings. The van der Waals surface area contributed by atoms with Crippen LogP contribution in [0.2, 0.25) is 0 Å². The van der Waals surface area contributed by atoms with Crippen LogP contribution in [-0.2, 0) is 16.2 Å². The second kappa shape index (κ2) is 18.1. The molecule has 0 spiro atoms. The first-order valence-electron chi connectivity index (χ1n) is 27.1. The van der Waals surface area contributed by atoms with Gasteiger partial charge >= 0.3 is 0 Å². The molecule has 2 heterocycles. The molecule has 0 saturated carbocycles. The number of thiophene rings is 1. The Labute approximate surface area is 463 Å². The fourth-order valence-electron chi connectivity index (χ4n) is 12.5. The SMILES string of the molecule is CC(C)(C)c1ccc(N(c2ccc3ccccc3c2)c2cc3c(c4c2oc2ccccc24)-c2c(cc(N(c4ccc(C(C)(C)C)cc4)c4ccc(F)cc4F)c4c2sc2ccccc24)C3(c2ccccc2)c2ccccc2)cc1. The summed E-state index contributed by atoms with van der Waals surface area (Å²) >= 11 is 1.76. The lowest BCUT2D eigenvalue weighted by molar-refractivity contribution is 0.584. The van der Waals surface area contributed by atoms with Gasteiger partial charge in [-0.25, -0.2) is 8.78 Å². The highest BCUT2D eigenvalue weighted by Crippen LogP contribution is 2.65. The second-order valence-electron chi connectivity index (χ2n) is 23.1. The highest BCUT2D eigenvalue weighted by Gasteiger charge is 2.50. The van der Waals surface area contributed by atoms with E-state index in [0.717, 1.165) is 126 Å². The topological polar surface area (TPSA) is 19.6 Å². The molecule has 0 aliphatic heterocycles. The lowest BCUT2D eigenvalue weighted by atomic mass is 9.67. The molecule has 1 aliphatic carbocycles. The van der Waals surface area contributed by atoms with Crippen molar-refractivity contribution >= 4 is 98.3 Å². The monoisotopic (exact) mass is 1050 g/mol. The largest absolute Gasteiger partial charge is 0.454 e. The minimum absolute atomic E-state index is 0.0622. The summed E-state index contributed by atoms with van der Waals surface area (Å²) < 4.78 is 41.9. The summed E-state index contributed by atoms with van der Waals surface area (Å²) in [5.74, 6) is -1.30. The quantitative estimate of drug-likeness (QED) is 0.151. The molecule has 3 nitrogen and oxygen atoms in total. The number of nitrogens with zero attached hydrogens (tertiary/aromatic N) is 2. The predicted octanol–water partition coefficient (Wildman–Crippen LogP) is 21.3. The zero-order valence-electron chi connectivity index (χ0n) is 44.9. The maximum atomic E-state index is 17.1. The van der Waals surface area contributed by atoms with Gasteiger partial charge < -0.3 is 14.2 Å². The van der Waals surface area contributed by atoms with E-state index in [4.69, 9.17) is 4.42 Å². The van der Waals surface area contributed by atoms with Crippen LogP contribution in [0.4, 0.5) is 42.9 Å². The molecule has 0 N–H and O–H groups in total. The lowest BCUT2D eigenvalue weighted by Crippen LogP contribution is -2.29. The number of halogens is 2. The fraction of sp³-hybridized carbons (Fsp3) is 0.123. The van der Waals surface area contributed by atoms with E-state index in [0.29, 0.717) is 0 Å². The molecule has 79 heavy (non-hydrogen) atoms. The Morgan fingerprint density at radius 2 is 0.975 bits per heavy atom. The average Bonchev–Trinajstić information content (AvgIpc) is 1.83. The zero-order chi connectivity index (χ0) is 54.0. The molecule has 0 radical (unpaired) electrons. The van der Waals surface area contributed by atoms with Gasteiger partial charge in [-0.2, -0.15) is 0 Å². The first-order chi connectivity index (χ1) is 38.3. The van der Waals surface area contributed by atoms with Crippen molar-refractivity contribution in [3.8, 4) is 11.1 Å². The smallest absolute Gasteiger partial charge is 0.160 e. The van der Waals surface area contributed by atoms with Crippen LogP contribution >= 0.6 is 11.3 Å². The van der Waals surface area contributed by atoms with E-state index in [9.17, 15) is 0 Å². The third-order valence-corrected chi connectivity index (χ3v) is 17.5. The van der Waals surface area contributed by atoms with E-state index in [1.54, 1.807) is 17.4 Å². The molecule has 0 bridgehead atoms. The first-order valence-corrected chi connectivity index (χ1v) is 27.9. The number of benzene rings is 11. The summed E-state index contributed by atoms with van der Waals surface area (Å²) in [5.41, 5.74) is 13.9. The fourth-order valence-corrected chi connectivity index (χ4v) is 13.8. The van der Waals surface area contributed by atoms with Crippen molar-refractivity contribution in [1.82, 2.24) is 0 Å². The molecule has 11 aromatic carbocycles. The Hall–Kier alpha value is -8.84. The van der Waals surface area contributed by atoms with Gasteiger partial charge in [0.2, 0.25) is 0 Å². The van der Waals surface area contributed by atoms with Crippen LogP contribution in [0.5, 0.6) is 0 Å². The van der Waals surface area contributed by atoms with Gasteiger partial charge in [0.1, 0.15) is 17.2 Å². The van der Waals surface area contributed by atoms with E-state index >= 15 is 8.78 Å². The van der Waals surface area contributed by atoms with E-state index in [1.807, 2.05) is 4.90 Å². The molecule has 13 aromatic rings. The standard InChI is InChI=1S/C73H56F2N2OS/c1-71(2,3)47-30-36-52(37-31-47)76(54-35-29-45-19-13-14-20-46(45)41-54)62-44-57-67(66-55-25-15-17-27-63(55)78-69(62)66)68-58(73(57,49-21-9-7-10-22-49)50-23-11-8-12-24-50)43-61(65-56-26-16-18-28-64(56)79-70(65)68)77(60-40-34-51(74)42-59(60)75)53-38-32-48(33-39-53)72(4,5)6/h7-44H,1-6H3. The van der Waals surface area contributed by atoms with Crippen molar-refractivity contribution in [2.45, 2.75) is 57.8 Å². The Morgan fingerprint density at radius 1 is 0.430 bits per heavy atom. The average molecular weight is 1050 g/mol. The maximum absolute atomic E-state index is 17.1. The highest BCUT2D eigenvalue weighted by molar-refractivity contribution is 7.26. The Balaban J connectivity index is 1.18. The Morgan fingerprint density at radius 3 is 1.62 bits per heavy atom. The molecule has 14 rings (SSSR count). The van der Waals surface area contributed by atoms with Crippen LogP contribution < -0.4 is 9.80 Å². The summed E-state index contributed by atoms with van der Waals surface area (Å²) in [6, 6.07) is 80.1. The minimum Gasteiger partial charge on any atom is -0.454 e. The van der Waals surface area contributed by atoms with Crippen LogP contribution in [0.25, 0.3) is 64.0 Å².